The Kier molecular flexibility index (Phi) is 7.62. The molecule has 2 aromatic heterocycles. The van der Waals surface area contributed by atoms with E-state index in [0.29, 0.717) is 24.5 Å². The Balaban J connectivity index is 1.61. The Morgan fingerprint density at radius 1 is 1.17 bits per heavy atom. The number of aliphatic hydroxyl groups excluding tert-OH is 1. The molecule has 11 heteroatoms. The number of amides is 2. The van der Waals surface area contributed by atoms with Gasteiger partial charge in [-0.3, -0.25) is 9.59 Å². The highest BCUT2D eigenvalue weighted by Crippen LogP contribution is 2.39. The van der Waals surface area contributed by atoms with Crippen molar-refractivity contribution < 1.29 is 23.5 Å². The summed E-state index contributed by atoms with van der Waals surface area (Å²) >= 11 is 0.944. The number of aromatic nitrogens is 1. The van der Waals surface area contributed by atoms with Gasteiger partial charge in [0.15, 0.2) is 0 Å². The van der Waals surface area contributed by atoms with E-state index in [1.807, 2.05) is 7.05 Å². The lowest BCUT2D eigenvalue weighted by Crippen LogP contribution is -2.47. The third kappa shape index (κ3) is 5.69. The molecule has 1 fully saturated rings. The number of likely N-dealkylation sites (N-methyl/N-ethyl adjacent to an activating group) is 1. The summed E-state index contributed by atoms with van der Waals surface area (Å²) in [4.78, 5) is 33.4. The number of hydrogen-bond donors (Lipinski definition) is 3. The van der Waals surface area contributed by atoms with Crippen LogP contribution in [0, 0.1) is 11.6 Å². The van der Waals surface area contributed by atoms with Gasteiger partial charge in [0.1, 0.15) is 28.1 Å². The number of rotatable bonds is 7. The minimum Gasteiger partial charge on any atom is -0.393 e. The van der Waals surface area contributed by atoms with Gasteiger partial charge in [-0.25, -0.2) is 13.8 Å². The topological polar surface area (TPSA) is 112 Å². The van der Waals surface area contributed by atoms with E-state index in [1.54, 1.807) is 23.1 Å². The summed E-state index contributed by atoms with van der Waals surface area (Å²) in [6.45, 7) is 4.28. The number of halogens is 2. The van der Waals surface area contributed by atoms with Gasteiger partial charge in [-0.05, 0) is 56.3 Å². The molecule has 3 aromatic rings. The lowest BCUT2D eigenvalue weighted by atomic mass is 10.0. The van der Waals surface area contributed by atoms with Crippen LogP contribution < -0.4 is 11.1 Å². The number of nitrogens with zero attached hydrogens (tertiary/aromatic N) is 3. The standard InChI is InChI=1S/C25H27F2N5O3S/c1-14(33)10-15-11-17(26)22(18(27)12-15)20-13-16(23(28)34)24(36-20)30-21-5-3-4-19(29-21)25(35)32-8-6-31(2)7-9-32/h3-5,11-14,33H,6-10H2,1-2H3,(H2,28,34)(H,29,30). The lowest BCUT2D eigenvalue weighted by molar-refractivity contribution is 0.0658. The van der Waals surface area contributed by atoms with Gasteiger partial charge < -0.3 is 26.0 Å². The number of carbonyl (C=O) groups excluding carboxylic acids is 2. The van der Waals surface area contributed by atoms with Crippen LogP contribution in [0.25, 0.3) is 10.4 Å². The quantitative estimate of drug-likeness (QED) is 0.446. The van der Waals surface area contributed by atoms with Crippen LogP contribution in [0.5, 0.6) is 0 Å². The molecule has 190 valence electrons. The largest absolute Gasteiger partial charge is 0.393 e. The summed E-state index contributed by atoms with van der Waals surface area (Å²) in [6, 6.07) is 8.55. The van der Waals surface area contributed by atoms with Crippen molar-refractivity contribution in [1.82, 2.24) is 14.8 Å². The second-order valence-corrected chi connectivity index (χ2v) is 9.89. The highest BCUT2D eigenvalue weighted by molar-refractivity contribution is 7.20. The number of nitrogens with one attached hydrogen (secondary N) is 1. The van der Waals surface area contributed by atoms with E-state index >= 15 is 0 Å². The molecule has 1 saturated heterocycles. The number of hydrogen-bond acceptors (Lipinski definition) is 7. The van der Waals surface area contributed by atoms with E-state index in [2.05, 4.69) is 15.2 Å². The Hall–Kier alpha value is -3.41. The van der Waals surface area contributed by atoms with Gasteiger partial charge in [-0.1, -0.05) is 6.07 Å². The molecule has 0 saturated carbocycles. The molecular weight excluding hydrogens is 488 g/mol. The first-order valence-corrected chi connectivity index (χ1v) is 12.3. The molecular formula is C25H27F2N5O3S. The number of carbonyl (C=O) groups is 2. The van der Waals surface area contributed by atoms with Gasteiger partial charge in [-0.15, -0.1) is 11.3 Å². The summed E-state index contributed by atoms with van der Waals surface area (Å²) in [6.07, 6.45) is -0.646. The highest BCUT2D eigenvalue weighted by atomic mass is 32.1. The van der Waals surface area contributed by atoms with Crippen molar-refractivity contribution in [2.24, 2.45) is 5.73 Å². The second-order valence-electron chi connectivity index (χ2n) is 8.83. The first kappa shape index (κ1) is 25.7. The number of benzene rings is 1. The highest BCUT2D eigenvalue weighted by Gasteiger charge is 2.23. The second kappa shape index (κ2) is 10.7. The van der Waals surface area contributed by atoms with Crippen molar-refractivity contribution in [3.63, 3.8) is 0 Å². The number of piperazine rings is 1. The lowest BCUT2D eigenvalue weighted by Gasteiger charge is -2.32. The van der Waals surface area contributed by atoms with Gasteiger partial charge >= 0.3 is 0 Å². The van der Waals surface area contributed by atoms with Crippen LogP contribution in [0.15, 0.2) is 36.4 Å². The molecule has 1 aliphatic heterocycles. The van der Waals surface area contributed by atoms with Gasteiger partial charge in [0.25, 0.3) is 11.8 Å². The molecule has 0 bridgehead atoms. The maximum Gasteiger partial charge on any atom is 0.272 e. The van der Waals surface area contributed by atoms with Crippen LogP contribution in [0.1, 0.15) is 33.3 Å². The van der Waals surface area contributed by atoms with Gasteiger partial charge in [0.2, 0.25) is 0 Å². The summed E-state index contributed by atoms with van der Waals surface area (Å²) < 4.78 is 29.7. The van der Waals surface area contributed by atoms with Crippen molar-refractivity contribution in [3.8, 4) is 10.4 Å². The SMILES string of the molecule is CC(O)Cc1cc(F)c(-c2cc(C(N)=O)c(Nc3cccc(C(=O)N4CCN(C)CC4)n3)s2)c(F)c1. The molecule has 2 amide bonds. The normalized spacial score (nSPS) is 15.1. The number of thiophene rings is 1. The molecule has 1 atom stereocenters. The zero-order chi connectivity index (χ0) is 26.0. The van der Waals surface area contributed by atoms with Crippen LogP contribution >= 0.6 is 11.3 Å². The fraction of sp³-hybridized carbons (Fsp3) is 0.320. The van der Waals surface area contributed by atoms with E-state index in [-0.39, 0.29) is 39.0 Å². The third-order valence-electron chi connectivity index (χ3n) is 5.88. The maximum absolute atomic E-state index is 14.8. The molecule has 0 radical (unpaired) electrons. The number of anilines is 2. The minimum atomic E-state index is -0.813. The van der Waals surface area contributed by atoms with Gasteiger partial charge in [-0.2, -0.15) is 0 Å². The molecule has 4 N–H and O–H groups in total. The number of aliphatic hydroxyl groups is 1. The summed E-state index contributed by atoms with van der Waals surface area (Å²) in [5.74, 6) is -2.31. The van der Waals surface area contributed by atoms with Crippen LogP contribution in [0.4, 0.5) is 19.6 Å². The molecule has 1 aliphatic rings. The molecule has 8 nitrogen and oxygen atoms in total. The van der Waals surface area contributed by atoms with Crippen molar-refractivity contribution in [1.29, 1.82) is 0 Å². The zero-order valence-corrected chi connectivity index (χ0v) is 20.7. The zero-order valence-electron chi connectivity index (χ0n) is 19.9. The molecule has 3 heterocycles. The van der Waals surface area contributed by atoms with Gasteiger partial charge in [0.05, 0.1) is 17.2 Å². The van der Waals surface area contributed by atoms with Crippen molar-refractivity contribution in [2.45, 2.75) is 19.4 Å². The Morgan fingerprint density at radius 2 is 1.83 bits per heavy atom. The van der Waals surface area contributed by atoms with Gasteiger partial charge in [0, 0.05) is 31.1 Å². The van der Waals surface area contributed by atoms with E-state index in [4.69, 9.17) is 5.73 Å². The fourth-order valence-corrected chi connectivity index (χ4v) is 5.14. The van der Waals surface area contributed by atoms with E-state index in [9.17, 15) is 23.5 Å². The molecule has 36 heavy (non-hydrogen) atoms. The molecule has 1 aromatic carbocycles. The summed E-state index contributed by atoms with van der Waals surface area (Å²) in [5.41, 5.74) is 5.84. The van der Waals surface area contributed by atoms with E-state index < -0.39 is 23.6 Å². The maximum atomic E-state index is 14.8. The summed E-state index contributed by atoms with van der Waals surface area (Å²) in [7, 11) is 2.00. The van der Waals surface area contributed by atoms with Crippen LogP contribution in [-0.4, -0.2) is 71.0 Å². The Morgan fingerprint density at radius 3 is 2.44 bits per heavy atom. The van der Waals surface area contributed by atoms with E-state index in [0.717, 1.165) is 36.6 Å². The van der Waals surface area contributed by atoms with Crippen LogP contribution in [-0.2, 0) is 6.42 Å². The molecule has 0 spiro atoms. The Labute approximate surface area is 211 Å². The summed E-state index contributed by atoms with van der Waals surface area (Å²) in [5, 5.41) is 12.7. The van der Waals surface area contributed by atoms with Crippen LogP contribution in [0.3, 0.4) is 0 Å². The minimum absolute atomic E-state index is 0.0412. The number of pyridine rings is 1. The number of nitrogens with two attached hydrogens (primary N) is 1. The van der Waals surface area contributed by atoms with Crippen molar-refractivity contribution in [2.75, 3.05) is 38.5 Å². The molecule has 1 unspecified atom stereocenters. The Bertz CT molecular complexity index is 1270. The molecule has 0 aliphatic carbocycles. The predicted molar refractivity (Wildman–Crippen MR) is 134 cm³/mol. The smallest absolute Gasteiger partial charge is 0.272 e. The van der Waals surface area contributed by atoms with E-state index in [1.165, 1.54) is 13.0 Å². The fourth-order valence-electron chi connectivity index (χ4n) is 4.02. The average molecular weight is 516 g/mol. The monoisotopic (exact) mass is 515 g/mol. The first-order chi connectivity index (χ1) is 17.1. The van der Waals surface area contributed by atoms with Crippen molar-refractivity contribution >= 4 is 34.0 Å². The van der Waals surface area contributed by atoms with Crippen molar-refractivity contribution in [3.05, 3.63) is 64.9 Å². The first-order valence-electron chi connectivity index (χ1n) is 11.4. The average Bonchev–Trinajstić information content (AvgIpc) is 3.22. The van der Waals surface area contributed by atoms with Crippen LogP contribution in [0.2, 0.25) is 0 Å². The third-order valence-corrected chi connectivity index (χ3v) is 6.95. The number of primary amides is 1. The molecule has 4 rings (SSSR count). The predicted octanol–water partition coefficient (Wildman–Crippen LogP) is 3.24.